The average molecular weight is 311 g/mol. The molecule has 0 unspecified atom stereocenters. The molecule has 7 heteroatoms. The number of para-hydroxylation sites is 1. The van der Waals surface area contributed by atoms with Gasteiger partial charge in [-0.15, -0.1) is 0 Å². The van der Waals surface area contributed by atoms with Crippen molar-refractivity contribution in [2.75, 3.05) is 13.2 Å². The van der Waals surface area contributed by atoms with Gasteiger partial charge in [0.1, 0.15) is 11.6 Å². The molecule has 0 aliphatic carbocycles. The van der Waals surface area contributed by atoms with Crippen LogP contribution in [0.25, 0.3) is 6.08 Å². The van der Waals surface area contributed by atoms with Gasteiger partial charge in [-0.25, -0.2) is 4.79 Å². The molecule has 5 nitrogen and oxygen atoms in total. The summed E-state index contributed by atoms with van der Waals surface area (Å²) < 4.78 is 39.5. The zero-order valence-corrected chi connectivity index (χ0v) is 12.1. The third-order valence-electron chi connectivity index (χ3n) is 2.43. The molecule has 1 rings (SSSR count). The summed E-state index contributed by atoms with van der Waals surface area (Å²) in [5.41, 5.74) is -0.203. The van der Waals surface area contributed by atoms with Gasteiger partial charge in [0.2, 0.25) is 0 Å². The highest BCUT2D eigenvalue weighted by molar-refractivity contribution is 5.98. The molecule has 118 valence electrons. The van der Waals surface area contributed by atoms with Crippen molar-refractivity contribution in [3.63, 3.8) is 0 Å². The summed E-state index contributed by atoms with van der Waals surface area (Å²) in [5.74, 6) is -0.982. The number of nitriles is 1. The molecule has 0 fully saturated rings. The molecule has 0 spiro atoms. The molecule has 1 aromatic rings. The lowest BCUT2D eigenvalue weighted by Crippen LogP contribution is -2.08. The maximum Gasteiger partial charge on any atom is 0.387 e. The summed E-state index contributed by atoms with van der Waals surface area (Å²) in [6.07, 6.45) is 1.12. The van der Waals surface area contributed by atoms with E-state index in [4.69, 9.17) is 14.7 Å². The van der Waals surface area contributed by atoms with Crippen molar-refractivity contribution >= 4 is 12.0 Å². The van der Waals surface area contributed by atoms with Gasteiger partial charge in [0, 0.05) is 5.56 Å². The van der Waals surface area contributed by atoms with E-state index in [9.17, 15) is 13.6 Å². The largest absolute Gasteiger partial charge is 0.490 e. The summed E-state index contributed by atoms with van der Waals surface area (Å²) in [7, 11) is 0. The van der Waals surface area contributed by atoms with E-state index >= 15 is 0 Å². The van der Waals surface area contributed by atoms with Crippen LogP contribution < -0.4 is 9.47 Å². The predicted molar refractivity (Wildman–Crippen MR) is 74.5 cm³/mol. The lowest BCUT2D eigenvalue weighted by molar-refractivity contribution is -0.137. The third kappa shape index (κ3) is 4.74. The zero-order chi connectivity index (χ0) is 16.5. The minimum Gasteiger partial charge on any atom is -0.490 e. The lowest BCUT2D eigenvalue weighted by Gasteiger charge is -2.13. The topological polar surface area (TPSA) is 68.6 Å². The molecule has 0 saturated carbocycles. The highest BCUT2D eigenvalue weighted by atomic mass is 19.3. The van der Waals surface area contributed by atoms with Crippen LogP contribution in [0.15, 0.2) is 23.8 Å². The molecule has 0 heterocycles. The molecule has 0 atom stereocenters. The van der Waals surface area contributed by atoms with Gasteiger partial charge in [-0.05, 0) is 26.0 Å². The number of hydrogen-bond acceptors (Lipinski definition) is 5. The van der Waals surface area contributed by atoms with Gasteiger partial charge < -0.3 is 14.2 Å². The molecule has 0 amide bonds. The predicted octanol–water partition coefficient (Wildman–Crippen LogP) is 3.16. The van der Waals surface area contributed by atoms with Gasteiger partial charge in [-0.2, -0.15) is 14.0 Å². The minimum atomic E-state index is -3.07. The smallest absolute Gasteiger partial charge is 0.387 e. The molecule has 22 heavy (non-hydrogen) atoms. The van der Waals surface area contributed by atoms with E-state index in [1.54, 1.807) is 19.9 Å². The summed E-state index contributed by atoms with van der Waals surface area (Å²) in [4.78, 5) is 11.6. The van der Waals surface area contributed by atoms with E-state index in [1.807, 2.05) is 0 Å². The van der Waals surface area contributed by atoms with Crippen molar-refractivity contribution in [2.45, 2.75) is 20.5 Å². The summed E-state index contributed by atoms with van der Waals surface area (Å²) in [5, 5.41) is 8.99. The first-order chi connectivity index (χ1) is 10.5. The molecule has 1 aromatic carbocycles. The maximum atomic E-state index is 12.6. The first-order valence-corrected chi connectivity index (χ1v) is 6.53. The Labute approximate surface area is 126 Å². The maximum absolute atomic E-state index is 12.6. The molecule has 0 aliphatic heterocycles. The van der Waals surface area contributed by atoms with E-state index in [-0.39, 0.29) is 35.8 Å². The van der Waals surface area contributed by atoms with Crippen LogP contribution in [0.4, 0.5) is 8.78 Å². The minimum absolute atomic E-state index is 0.0945. The van der Waals surface area contributed by atoms with Gasteiger partial charge in [-0.3, -0.25) is 0 Å². The third-order valence-corrected chi connectivity index (χ3v) is 2.43. The second-order valence-electron chi connectivity index (χ2n) is 3.88. The summed E-state index contributed by atoms with van der Waals surface area (Å²) in [6, 6.07) is 6.09. The molecule has 0 radical (unpaired) electrons. The van der Waals surface area contributed by atoms with E-state index in [0.717, 1.165) is 6.08 Å². The van der Waals surface area contributed by atoms with Gasteiger partial charge in [0.15, 0.2) is 11.5 Å². The van der Waals surface area contributed by atoms with Gasteiger partial charge in [-0.1, -0.05) is 12.1 Å². The lowest BCUT2D eigenvalue weighted by atomic mass is 10.1. The van der Waals surface area contributed by atoms with Crippen molar-refractivity contribution in [3.8, 4) is 17.6 Å². The molecule has 0 N–H and O–H groups in total. The van der Waals surface area contributed by atoms with E-state index < -0.39 is 12.6 Å². The monoisotopic (exact) mass is 311 g/mol. The Morgan fingerprint density at radius 1 is 1.36 bits per heavy atom. The number of nitrogens with zero attached hydrogens (tertiary/aromatic N) is 1. The fraction of sp³-hybridized carbons (Fsp3) is 0.333. The highest BCUT2D eigenvalue weighted by Crippen LogP contribution is 2.34. The van der Waals surface area contributed by atoms with E-state index in [1.165, 1.54) is 18.2 Å². The number of rotatable bonds is 7. The second kappa shape index (κ2) is 8.62. The number of carbonyl (C=O) groups is 1. The molecular weight excluding hydrogens is 296 g/mol. The van der Waals surface area contributed by atoms with Crippen LogP contribution in [0.1, 0.15) is 19.4 Å². The number of hydrogen-bond donors (Lipinski definition) is 0. The summed E-state index contributed by atoms with van der Waals surface area (Å²) in [6.45, 7) is 0.552. The number of ether oxygens (including phenoxy) is 3. The van der Waals surface area contributed by atoms with Crippen LogP contribution in [-0.4, -0.2) is 25.8 Å². The van der Waals surface area contributed by atoms with Crippen molar-refractivity contribution in [1.82, 2.24) is 0 Å². The fourth-order valence-corrected chi connectivity index (χ4v) is 1.63. The first-order valence-electron chi connectivity index (χ1n) is 6.53. The Bertz CT molecular complexity index is 594. The Morgan fingerprint density at radius 2 is 2.09 bits per heavy atom. The fourth-order valence-electron chi connectivity index (χ4n) is 1.63. The first kappa shape index (κ1) is 17.4. The number of halogens is 2. The van der Waals surface area contributed by atoms with Crippen LogP contribution in [0.2, 0.25) is 0 Å². The average Bonchev–Trinajstić information content (AvgIpc) is 2.47. The molecule has 0 aliphatic rings. The van der Waals surface area contributed by atoms with Crippen molar-refractivity contribution in [1.29, 1.82) is 5.26 Å². The number of esters is 1. The van der Waals surface area contributed by atoms with Crippen LogP contribution in [0.3, 0.4) is 0 Å². The normalized spacial score (nSPS) is 11.0. The Hall–Kier alpha value is -2.62. The molecule has 0 aromatic heterocycles. The van der Waals surface area contributed by atoms with Crippen molar-refractivity contribution in [3.05, 3.63) is 29.3 Å². The van der Waals surface area contributed by atoms with Crippen LogP contribution in [-0.2, 0) is 9.53 Å². The van der Waals surface area contributed by atoms with Gasteiger partial charge in [0.25, 0.3) is 0 Å². The Morgan fingerprint density at radius 3 is 2.64 bits per heavy atom. The van der Waals surface area contributed by atoms with Gasteiger partial charge >= 0.3 is 12.6 Å². The number of carbonyl (C=O) groups excluding carboxylic acids is 1. The van der Waals surface area contributed by atoms with Crippen LogP contribution in [0.5, 0.6) is 11.5 Å². The second-order valence-corrected chi connectivity index (χ2v) is 3.88. The van der Waals surface area contributed by atoms with Crippen molar-refractivity contribution < 1.29 is 27.8 Å². The quantitative estimate of drug-likeness (QED) is 0.439. The van der Waals surface area contributed by atoms with Crippen LogP contribution >= 0.6 is 0 Å². The molecule has 0 bridgehead atoms. The Kier molecular flexibility index (Phi) is 6.83. The SMILES string of the molecule is CCOC(=O)C(C#N)=Cc1cccc(OCC)c1OC(F)F. The van der Waals surface area contributed by atoms with E-state index in [2.05, 4.69) is 4.74 Å². The summed E-state index contributed by atoms with van der Waals surface area (Å²) >= 11 is 0. The van der Waals surface area contributed by atoms with Crippen molar-refractivity contribution in [2.24, 2.45) is 0 Å². The van der Waals surface area contributed by atoms with Crippen LogP contribution in [0, 0.1) is 11.3 Å². The number of alkyl halides is 2. The molecule has 0 saturated heterocycles. The zero-order valence-electron chi connectivity index (χ0n) is 12.1. The van der Waals surface area contributed by atoms with Gasteiger partial charge in [0.05, 0.1) is 13.2 Å². The highest BCUT2D eigenvalue weighted by Gasteiger charge is 2.17. The van der Waals surface area contributed by atoms with E-state index in [0.29, 0.717) is 0 Å². The standard InChI is InChI=1S/C15H15F2NO4/c1-3-20-12-7-5-6-10(13(12)22-15(16)17)8-11(9-18)14(19)21-4-2/h5-8,15H,3-4H2,1-2H3. The Balaban J connectivity index is 3.30. The molecular formula is C15H15F2NO4. The number of benzene rings is 1.